The number of aromatic amines is 1. The van der Waals surface area contributed by atoms with Crippen LogP contribution in [0.5, 0.6) is 5.75 Å². The van der Waals surface area contributed by atoms with E-state index in [2.05, 4.69) is 9.97 Å². The van der Waals surface area contributed by atoms with Crippen molar-refractivity contribution in [2.45, 2.75) is 38.6 Å². The Bertz CT molecular complexity index is 1270. The lowest BCUT2D eigenvalue weighted by atomic mass is 10.0. The fraction of sp³-hybridized carbons (Fsp3) is 0.450. The fourth-order valence-corrected chi connectivity index (χ4v) is 4.61. The van der Waals surface area contributed by atoms with Crippen LogP contribution in [0.15, 0.2) is 20.3 Å². The Balaban J connectivity index is 1.59. The summed E-state index contributed by atoms with van der Waals surface area (Å²) in [6.45, 7) is 2.83. The number of nitrogens with zero attached hydrogens (tertiary/aromatic N) is 3. The van der Waals surface area contributed by atoms with Crippen LogP contribution in [0, 0.1) is 18.7 Å². The molecule has 1 saturated heterocycles. The number of hydrogen-bond donors (Lipinski definition) is 3. The van der Waals surface area contributed by atoms with Crippen molar-refractivity contribution in [1.82, 2.24) is 14.5 Å². The maximum absolute atomic E-state index is 15.3. The van der Waals surface area contributed by atoms with Gasteiger partial charge in [0.15, 0.2) is 11.6 Å². The predicted octanol–water partition coefficient (Wildman–Crippen LogP) is 1.82. The van der Waals surface area contributed by atoms with Crippen molar-refractivity contribution in [2.24, 2.45) is 5.92 Å². The number of phenols is 1. The van der Waals surface area contributed by atoms with Gasteiger partial charge in [0.1, 0.15) is 11.6 Å². The summed E-state index contributed by atoms with van der Waals surface area (Å²) >= 11 is 0. The number of nitrogens with two attached hydrogens (primary N) is 1. The molecule has 4 N–H and O–H groups in total. The molecule has 1 saturated carbocycles. The topological polar surface area (TPSA) is 130 Å². The third kappa shape index (κ3) is 2.86. The van der Waals surface area contributed by atoms with Crippen LogP contribution in [0.3, 0.4) is 0 Å². The van der Waals surface area contributed by atoms with Crippen LogP contribution in [-0.4, -0.2) is 32.7 Å². The normalized spacial score (nSPS) is 19.1. The zero-order valence-electron chi connectivity index (χ0n) is 16.4. The summed E-state index contributed by atoms with van der Waals surface area (Å²) in [6.07, 6.45) is 4.58. The van der Waals surface area contributed by atoms with E-state index in [-0.39, 0.29) is 29.0 Å². The smallest absolute Gasteiger partial charge is 0.329 e. The molecule has 30 heavy (non-hydrogen) atoms. The minimum Gasteiger partial charge on any atom is -0.504 e. The highest BCUT2D eigenvalue weighted by atomic mass is 19.1. The molecule has 1 atom stereocenters. The molecule has 3 heterocycles. The van der Waals surface area contributed by atoms with Gasteiger partial charge in [-0.15, -0.1) is 0 Å². The fourth-order valence-electron chi connectivity index (χ4n) is 4.61. The molecule has 0 radical (unpaired) electrons. The lowest BCUT2D eigenvalue weighted by Crippen LogP contribution is -2.31. The monoisotopic (exact) mass is 415 g/mol. The van der Waals surface area contributed by atoms with E-state index in [1.807, 2.05) is 4.90 Å². The summed E-state index contributed by atoms with van der Waals surface area (Å²) in [5, 5.41) is 10.4. The van der Waals surface area contributed by atoms with Crippen molar-refractivity contribution >= 4 is 22.6 Å². The molecular weight excluding hydrogens is 393 g/mol. The second-order valence-corrected chi connectivity index (χ2v) is 8.20. The molecule has 2 aromatic heterocycles. The SMILES string of the molecule is Cc1c(N2CCC(Cc3coc(N)n3)C2)c(F)c(O)c2c(=O)[nH]c(=O)n(C3CC3)c12. The molecule has 0 amide bonds. The van der Waals surface area contributed by atoms with Gasteiger partial charge in [-0.3, -0.25) is 14.3 Å². The number of hydrogen-bond acceptors (Lipinski definition) is 7. The molecule has 0 bridgehead atoms. The van der Waals surface area contributed by atoms with E-state index in [1.54, 1.807) is 6.92 Å². The Morgan fingerprint density at radius 1 is 1.37 bits per heavy atom. The number of nitrogens with one attached hydrogen (secondary N) is 1. The number of aromatic hydroxyl groups is 1. The summed E-state index contributed by atoms with van der Waals surface area (Å²) in [7, 11) is 0. The molecular formula is C20H22FN5O4. The lowest BCUT2D eigenvalue weighted by Gasteiger charge is -2.24. The number of halogens is 1. The van der Waals surface area contributed by atoms with E-state index in [0.717, 1.165) is 25.0 Å². The molecule has 0 spiro atoms. The van der Waals surface area contributed by atoms with Crippen molar-refractivity contribution in [3.63, 3.8) is 0 Å². The van der Waals surface area contributed by atoms with Crippen molar-refractivity contribution in [3.8, 4) is 5.75 Å². The van der Waals surface area contributed by atoms with Crippen LogP contribution in [0.25, 0.3) is 10.9 Å². The zero-order chi connectivity index (χ0) is 21.2. The number of fused-ring (bicyclic) bond motifs is 1. The summed E-state index contributed by atoms with van der Waals surface area (Å²) in [6, 6.07) is 0.0710. The maximum Gasteiger partial charge on any atom is 0.329 e. The van der Waals surface area contributed by atoms with E-state index >= 15 is 4.39 Å². The van der Waals surface area contributed by atoms with E-state index < -0.39 is 22.8 Å². The third-order valence-corrected chi connectivity index (χ3v) is 6.09. The molecule has 1 aromatic carbocycles. The second-order valence-electron chi connectivity index (χ2n) is 8.20. The lowest BCUT2D eigenvalue weighted by molar-refractivity contribution is 0.437. The zero-order valence-corrected chi connectivity index (χ0v) is 16.4. The average Bonchev–Trinajstić information content (AvgIpc) is 3.29. The number of oxazole rings is 1. The number of nitrogen functional groups attached to an aromatic ring is 1. The van der Waals surface area contributed by atoms with Gasteiger partial charge >= 0.3 is 5.69 Å². The van der Waals surface area contributed by atoms with Crippen LogP contribution in [0.4, 0.5) is 16.1 Å². The van der Waals surface area contributed by atoms with Gasteiger partial charge in [0, 0.05) is 24.7 Å². The number of aromatic nitrogens is 3. The van der Waals surface area contributed by atoms with Gasteiger partial charge in [0.2, 0.25) is 0 Å². The number of H-pyrrole nitrogens is 1. The molecule has 10 heteroatoms. The molecule has 3 aromatic rings. The first-order chi connectivity index (χ1) is 14.3. The average molecular weight is 415 g/mol. The number of benzene rings is 1. The predicted molar refractivity (Wildman–Crippen MR) is 108 cm³/mol. The summed E-state index contributed by atoms with van der Waals surface area (Å²) in [4.78, 5) is 33.0. The Kier molecular flexibility index (Phi) is 4.12. The minimum absolute atomic E-state index is 0.0442. The third-order valence-electron chi connectivity index (χ3n) is 6.09. The number of aryl methyl sites for hydroxylation is 1. The Labute approximate surface area is 169 Å². The number of anilines is 2. The van der Waals surface area contributed by atoms with Crippen LogP contribution < -0.4 is 21.9 Å². The van der Waals surface area contributed by atoms with Crippen LogP contribution in [0.2, 0.25) is 0 Å². The van der Waals surface area contributed by atoms with Gasteiger partial charge < -0.3 is 20.2 Å². The van der Waals surface area contributed by atoms with E-state index in [0.29, 0.717) is 30.6 Å². The van der Waals surface area contributed by atoms with Gasteiger partial charge in [-0.25, -0.2) is 9.18 Å². The van der Waals surface area contributed by atoms with E-state index in [1.165, 1.54) is 10.8 Å². The van der Waals surface area contributed by atoms with Crippen LogP contribution >= 0.6 is 0 Å². The highest BCUT2D eigenvalue weighted by Crippen LogP contribution is 2.42. The van der Waals surface area contributed by atoms with Gasteiger partial charge in [0.05, 0.1) is 16.9 Å². The van der Waals surface area contributed by atoms with E-state index in [9.17, 15) is 14.7 Å². The second kappa shape index (κ2) is 6.61. The van der Waals surface area contributed by atoms with E-state index in [4.69, 9.17) is 10.2 Å². The highest BCUT2D eigenvalue weighted by Gasteiger charge is 2.33. The molecule has 1 aliphatic carbocycles. The van der Waals surface area contributed by atoms with Crippen molar-refractivity contribution in [2.75, 3.05) is 23.7 Å². The summed E-state index contributed by atoms with van der Waals surface area (Å²) in [5.41, 5.74) is 6.00. The first-order valence-corrected chi connectivity index (χ1v) is 9.99. The molecule has 9 nitrogen and oxygen atoms in total. The highest BCUT2D eigenvalue weighted by molar-refractivity contribution is 5.92. The van der Waals surface area contributed by atoms with Crippen LogP contribution in [0.1, 0.15) is 36.6 Å². The standard InChI is InChI=1S/C20H22FN5O4/c1-9-15-13(18(28)24-20(29)26(15)12-2-3-12)17(27)14(21)16(9)25-5-4-10(7-25)6-11-8-30-19(22)23-11/h8,10,12,27H,2-7H2,1H3,(H2,22,23)(H,24,28,29). The summed E-state index contributed by atoms with van der Waals surface area (Å²) < 4.78 is 21.8. The Hall–Kier alpha value is -3.30. The molecule has 2 aliphatic rings. The van der Waals surface area contributed by atoms with Gasteiger partial charge in [-0.2, -0.15) is 4.98 Å². The number of phenolic OH excluding ortho intramolecular Hbond substituents is 1. The minimum atomic E-state index is -0.835. The molecule has 158 valence electrons. The van der Waals surface area contributed by atoms with Crippen molar-refractivity contribution in [1.29, 1.82) is 0 Å². The van der Waals surface area contributed by atoms with Crippen LogP contribution in [-0.2, 0) is 6.42 Å². The Morgan fingerprint density at radius 3 is 2.80 bits per heavy atom. The molecule has 5 rings (SSSR count). The number of rotatable bonds is 4. The van der Waals surface area contributed by atoms with Crippen molar-refractivity contribution in [3.05, 3.63) is 44.2 Å². The molecule has 1 aliphatic heterocycles. The first-order valence-electron chi connectivity index (χ1n) is 9.99. The maximum atomic E-state index is 15.3. The summed E-state index contributed by atoms with van der Waals surface area (Å²) in [5.74, 6) is -1.34. The van der Waals surface area contributed by atoms with Gasteiger partial charge in [-0.1, -0.05) is 0 Å². The van der Waals surface area contributed by atoms with Crippen molar-refractivity contribution < 1.29 is 13.9 Å². The quantitative estimate of drug-likeness (QED) is 0.592. The van der Waals surface area contributed by atoms with Gasteiger partial charge in [0.25, 0.3) is 11.6 Å². The molecule has 2 fully saturated rings. The largest absolute Gasteiger partial charge is 0.504 e. The van der Waals surface area contributed by atoms with Gasteiger partial charge in [-0.05, 0) is 38.5 Å². The molecule has 1 unspecified atom stereocenters. The Morgan fingerprint density at radius 2 is 2.13 bits per heavy atom. The first kappa shape index (κ1) is 18.7.